The monoisotopic (exact) mass is 397 g/mol. The maximum Gasteiger partial charge on any atom is 0.161 e. The molecule has 0 bridgehead atoms. The summed E-state index contributed by atoms with van der Waals surface area (Å²) in [6.45, 7) is 12.3. The minimum atomic E-state index is 0.626. The molecule has 1 saturated heterocycles. The van der Waals surface area contributed by atoms with Gasteiger partial charge in [0, 0.05) is 38.1 Å². The summed E-state index contributed by atoms with van der Waals surface area (Å²) in [5.74, 6) is 1.63. The van der Waals surface area contributed by atoms with Gasteiger partial charge in [-0.05, 0) is 74.7 Å². The van der Waals surface area contributed by atoms with E-state index in [4.69, 9.17) is 9.47 Å². The molecule has 0 N–H and O–H groups in total. The highest BCUT2D eigenvalue weighted by Gasteiger charge is 2.25. The SMILES string of the molecule is CCOc1cc(CN(Cc2cccnc2)C[C@@H]2CCCN2CC)c(C)cc1OC. The molecular weight excluding hydrogens is 362 g/mol. The van der Waals surface area contributed by atoms with E-state index in [9.17, 15) is 0 Å². The average molecular weight is 398 g/mol. The number of ether oxygens (including phenoxy) is 2. The first-order chi connectivity index (χ1) is 14.1. The molecule has 3 rings (SSSR count). The topological polar surface area (TPSA) is 37.8 Å². The first-order valence-electron chi connectivity index (χ1n) is 10.8. The van der Waals surface area contributed by atoms with Gasteiger partial charge in [-0.3, -0.25) is 14.8 Å². The van der Waals surface area contributed by atoms with Crippen LogP contribution in [0.1, 0.15) is 43.4 Å². The summed E-state index contributed by atoms with van der Waals surface area (Å²) in [4.78, 5) is 9.48. The van der Waals surface area contributed by atoms with Gasteiger partial charge in [-0.25, -0.2) is 0 Å². The van der Waals surface area contributed by atoms with Crippen molar-refractivity contribution in [3.63, 3.8) is 0 Å². The first-order valence-corrected chi connectivity index (χ1v) is 10.8. The van der Waals surface area contributed by atoms with Gasteiger partial charge in [0.2, 0.25) is 0 Å². The minimum absolute atomic E-state index is 0.626. The Morgan fingerprint density at radius 2 is 2.07 bits per heavy atom. The molecule has 2 aromatic rings. The Bertz CT molecular complexity index is 766. The number of rotatable bonds is 10. The maximum atomic E-state index is 5.83. The number of aromatic nitrogens is 1. The van der Waals surface area contributed by atoms with Gasteiger partial charge in [-0.2, -0.15) is 0 Å². The molecule has 0 radical (unpaired) electrons. The fourth-order valence-electron chi connectivity index (χ4n) is 4.29. The summed E-state index contributed by atoms with van der Waals surface area (Å²) in [6.07, 6.45) is 6.40. The maximum absolute atomic E-state index is 5.83. The summed E-state index contributed by atoms with van der Waals surface area (Å²) in [5, 5.41) is 0. The van der Waals surface area contributed by atoms with Crippen molar-refractivity contribution in [2.75, 3.05) is 33.4 Å². The van der Waals surface area contributed by atoms with E-state index in [1.54, 1.807) is 7.11 Å². The minimum Gasteiger partial charge on any atom is -0.493 e. The third-order valence-electron chi connectivity index (χ3n) is 5.82. The zero-order chi connectivity index (χ0) is 20.6. The van der Waals surface area contributed by atoms with Crippen LogP contribution < -0.4 is 9.47 Å². The van der Waals surface area contributed by atoms with Gasteiger partial charge >= 0.3 is 0 Å². The lowest BCUT2D eigenvalue weighted by Gasteiger charge is -2.31. The molecule has 0 spiro atoms. The Morgan fingerprint density at radius 3 is 2.76 bits per heavy atom. The molecule has 1 aliphatic rings. The molecule has 0 saturated carbocycles. The molecule has 5 heteroatoms. The van der Waals surface area contributed by atoms with Crippen molar-refractivity contribution in [1.82, 2.24) is 14.8 Å². The second kappa shape index (κ2) is 10.6. The fraction of sp³-hybridized carbons (Fsp3) is 0.542. The summed E-state index contributed by atoms with van der Waals surface area (Å²) >= 11 is 0. The molecule has 29 heavy (non-hydrogen) atoms. The summed E-state index contributed by atoms with van der Waals surface area (Å²) in [6, 6.07) is 9.06. The number of aryl methyl sites for hydroxylation is 1. The van der Waals surface area contributed by atoms with Crippen LogP contribution in [0.25, 0.3) is 0 Å². The predicted octanol–water partition coefficient (Wildman–Crippen LogP) is 4.28. The van der Waals surface area contributed by atoms with E-state index in [1.807, 2.05) is 25.4 Å². The quantitative estimate of drug-likeness (QED) is 0.598. The van der Waals surface area contributed by atoms with Crippen LogP contribution >= 0.6 is 0 Å². The van der Waals surface area contributed by atoms with Crippen LogP contribution in [-0.4, -0.2) is 54.2 Å². The summed E-state index contributed by atoms with van der Waals surface area (Å²) < 4.78 is 11.3. The van der Waals surface area contributed by atoms with E-state index in [2.05, 4.69) is 46.8 Å². The second-order valence-electron chi connectivity index (χ2n) is 7.82. The second-order valence-corrected chi connectivity index (χ2v) is 7.82. The molecule has 5 nitrogen and oxygen atoms in total. The van der Waals surface area contributed by atoms with Gasteiger partial charge in [0.1, 0.15) is 0 Å². The predicted molar refractivity (Wildman–Crippen MR) is 118 cm³/mol. The van der Waals surface area contributed by atoms with E-state index in [0.29, 0.717) is 12.6 Å². The Labute approximate surface area is 175 Å². The van der Waals surface area contributed by atoms with Crippen molar-refractivity contribution >= 4 is 0 Å². The lowest BCUT2D eigenvalue weighted by Crippen LogP contribution is -2.39. The first kappa shape index (κ1) is 21.6. The van der Waals surface area contributed by atoms with E-state index >= 15 is 0 Å². The standard InChI is InChI=1S/C24H35N3O2/c1-5-27-12-8-10-22(27)18-26(16-20-9-7-11-25-15-20)17-21-14-24(29-6-2)23(28-4)13-19(21)3/h7,9,11,13-15,22H,5-6,8,10,12,16-18H2,1-4H3/t22-/m0/s1. The molecule has 0 aliphatic carbocycles. The number of methoxy groups -OCH3 is 1. The van der Waals surface area contributed by atoms with Crippen molar-refractivity contribution in [2.45, 2.75) is 52.7 Å². The lowest BCUT2D eigenvalue weighted by molar-refractivity contribution is 0.165. The molecule has 1 aliphatic heterocycles. The number of pyridine rings is 1. The fourth-order valence-corrected chi connectivity index (χ4v) is 4.29. The zero-order valence-electron chi connectivity index (χ0n) is 18.4. The highest BCUT2D eigenvalue weighted by molar-refractivity contribution is 5.47. The van der Waals surface area contributed by atoms with Crippen molar-refractivity contribution in [3.8, 4) is 11.5 Å². The van der Waals surface area contributed by atoms with Gasteiger partial charge in [0.05, 0.1) is 13.7 Å². The molecular formula is C24H35N3O2. The molecule has 158 valence electrons. The third-order valence-corrected chi connectivity index (χ3v) is 5.82. The number of hydrogen-bond donors (Lipinski definition) is 0. The van der Waals surface area contributed by atoms with Gasteiger partial charge in [0.15, 0.2) is 11.5 Å². The van der Waals surface area contributed by atoms with Crippen LogP contribution in [0.5, 0.6) is 11.5 Å². The Kier molecular flexibility index (Phi) is 7.90. The van der Waals surface area contributed by atoms with Gasteiger partial charge in [-0.15, -0.1) is 0 Å². The molecule has 2 heterocycles. The van der Waals surface area contributed by atoms with Crippen molar-refractivity contribution < 1.29 is 9.47 Å². The van der Waals surface area contributed by atoms with Gasteiger partial charge < -0.3 is 9.47 Å². The third kappa shape index (κ3) is 5.71. The Morgan fingerprint density at radius 1 is 1.21 bits per heavy atom. The normalized spacial score (nSPS) is 17.1. The Hall–Kier alpha value is -2.11. The molecule has 1 fully saturated rings. The van der Waals surface area contributed by atoms with Crippen LogP contribution in [0.2, 0.25) is 0 Å². The molecule has 1 aromatic heterocycles. The number of likely N-dealkylation sites (N-methyl/N-ethyl adjacent to an activating group) is 1. The van der Waals surface area contributed by atoms with Crippen molar-refractivity contribution in [3.05, 3.63) is 53.3 Å². The van der Waals surface area contributed by atoms with Crippen LogP contribution in [0, 0.1) is 6.92 Å². The smallest absolute Gasteiger partial charge is 0.161 e. The summed E-state index contributed by atoms with van der Waals surface area (Å²) in [7, 11) is 1.70. The lowest BCUT2D eigenvalue weighted by atomic mass is 10.1. The highest BCUT2D eigenvalue weighted by atomic mass is 16.5. The van der Waals surface area contributed by atoms with E-state index in [-0.39, 0.29) is 0 Å². The average Bonchev–Trinajstić information content (AvgIpc) is 3.18. The molecule has 0 unspecified atom stereocenters. The number of benzene rings is 1. The number of nitrogens with zero attached hydrogens (tertiary/aromatic N) is 3. The van der Waals surface area contributed by atoms with Crippen LogP contribution in [0.3, 0.4) is 0 Å². The summed E-state index contributed by atoms with van der Waals surface area (Å²) in [5.41, 5.74) is 3.78. The zero-order valence-corrected chi connectivity index (χ0v) is 18.4. The molecule has 1 atom stereocenters. The number of hydrogen-bond acceptors (Lipinski definition) is 5. The van der Waals surface area contributed by atoms with Crippen molar-refractivity contribution in [2.24, 2.45) is 0 Å². The van der Waals surface area contributed by atoms with E-state index in [1.165, 1.54) is 36.1 Å². The number of likely N-dealkylation sites (tertiary alicyclic amines) is 1. The van der Waals surface area contributed by atoms with Crippen molar-refractivity contribution in [1.29, 1.82) is 0 Å². The van der Waals surface area contributed by atoms with E-state index < -0.39 is 0 Å². The van der Waals surface area contributed by atoms with Gasteiger partial charge in [0.25, 0.3) is 0 Å². The largest absolute Gasteiger partial charge is 0.493 e. The molecule has 0 amide bonds. The van der Waals surface area contributed by atoms with Crippen LogP contribution in [-0.2, 0) is 13.1 Å². The van der Waals surface area contributed by atoms with E-state index in [0.717, 1.165) is 37.7 Å². The molecule has 1 aromatic carbocycles. The Balaban J connectivity index is 1.82. The highest BCUT2D eigenvalue weighted by Crippen LogP contribution is 2.31. The van der Waals surface area contributed by atoms with Crippen LogP contribution in [0.4, 0.5) is 0 Å². The van der Waals surface area contributed by atoms with Crippen LogP contribution in [0.15, 0.2) is 36.7 Å². The van der Waals surface area contributed by atoms with Gasteiger partial charge in [-0.1, -0.05) is 13.0 Å².